The maximum atomic E-state index is 3.80. The lowest BCUT2D eigenvalue weighted by Crippen LogP contribution is -1.93. The van der Waals surface area contributed by atoms with Gasteiger partial charge in [-0.05, 0) is 32.1 Å². The van der Waals surface area contributed by atoms with Gasteiger partial charge in [-0.3, -0.25) is 0 Å². The van der Waals surface area contributed by atoms with Crippen LogP contribution in [0.5, 0.6) is 0 Å². The monoisotopic (exact) mass is 199 g/mol. The molecule has 0 aromatic heterocycles. The smallest absolute Gasteiger partial charge is 0.0381 e. The predicted molar refractivity (Wildman–Crippen MR) is 67.8 cm³/mol. The predicted octanol–water partition coefficient (Wildman–Crippen LogP) is 4.13. The number of para-hydroxylation sites is 1. The molecule has 0 bridgehead atoms. The highest BCUT2D eigenvalue weighted by Crippen LogP contribution is 2.08. The van der Waals surface area contributed by atoms with Crippen LogP contribution < -0.4 is 5.32 Å². The van der Waals surface area contributed by atoms with E-state index in [1.807, 2.05) is 62.4 Å². The number of benzene rings is 1. The molecule has 15 heavy (non-hydrogen) atoms. The number of hydrogen-bond acceptors (Lipinski definition) is 1. The van der Waals surface area contributed by atoms with E-state index in [2.05, 4.69) is 11.9 Å². The molecule has 0 heterocycles. The topological polar surface area (TPSA) is 12.0 Å². The van der Waals surface area contributed by atoms with Crippen molar-refractivity contribution in [1.29, 1.82) is 0 Å². The van der Waals surface area contributed by atoms with Crippen LogP contribution >= 0.6 is 0 Å². The fourth-order valence-corrected chi connectivity index (χ4v) is 1.15. The molecule has 0 saturated heterocycles. The van der Waals surface area contributed by atoms with Gasteiger partial charge < -0.3 is 5.32 Å². The van der Waals surface area contributed by atoms with Gasteiger partial charge in [0.05, 0.1) is 0 Å². The molecular formula is C14H17N. The Hall–Kier alpha value is -1.76. The molecule has 0 aliphatic heterocycles. The molecule has 1 rings (SSSR count). The molecule has 0 saturated carbocycles. The zero-order chi connectivity index (χ0) is 11.1. The first kappa shape index (κ1) is 11.3. The minimum Gasteiger partial charge on any atom is -0.359 e. The van der Waals surface area contributed by atoms with Crippen LogP contribution in [0.15, 0.2) is 66.4 Å². The summed E-state index contributed by atoms with van der Waals surface area (Å²) in [7, 11) is 0. The molecule has 78 valence electrons. The molecule has 0 spiro atoms. The Balaban J connectivity index is 2.56. The molecule has 1 heteroatoms. The van der Waals surface area contributed by atoms with Gasteiger partial charge in [0.1, 0.15) is 0 Å². The van der Waals surface area contributed by atoms with Crippen molar-refractivity contribution in [2.75, 3.05) is 5.32 Å². The highest BCUT2D eigenvalue weighted by atomic mass is 14.9. The summed E-state index contributed by atoms with van der Waals surface area (Å²) in [5.74, 6) is 0. The Morgan fingerprint density at radius 2 is 1.87 bits per heavy atom. The van der Waals surface area contributed by atoms with Gasteiger partial charge in [0.2, 0.25) is 0 Å². The summed E-state index contributed by atoms with van der Waals surface area (Å²) >= 11 is 0. The fourth-order valence-electron chi connectivity index (χ4n) is 1.15. The van der Waals surface area contributed by atoms with Crippen LogP contribution in [-0.2, 0) is 0 Å². The number of rotatable bonds is 4. The van der Waals surface area contributed by atoms with Gasteiger partial charge in [0.15, 0.2) is 0 Å². The molecule has 0 unspecified atom stereocenters. The van der Waals surface area contributed by atoms with Crippen molar-refractivity contribution in [2.45, 2.75) is 13.8 Å². The largest absolute Gasteiger partial charge is 0.359 e. The van der Waals surface area contributed by atoms with Crippen LogP contribution in [0.1, 0.15) is 13.8 Å². The molecule has 0 atom stereocenters. The van der Waals surface area contributed by atoms with E-state index in [0.29, 0.717) is 0 Å². The second-order valence-corrected chi connectivity index (χ2v) is 3.55. The van der Waals surface area contributed by atoms with Crippen molar-refractivity contribution >= 4 is 5.69 Å². The number of allylic oxidation sites excluding steroid dienone is 5. The summed E-state index contributed by atoms with van der Waals surface area (Å²) in [4.78, 5) is 0. The summed E-state index contributed by atoms with van der Waals surface area (Å²) in [5, 5.41) is 3.30. The average Bonchev–Trinajstić information content (AvgIpc) is 2.18. The second kappa shape index (κ2) is 5.86. The summed E-state index contributed by atoms with van der Waals surface area (Å²) in [6.07, 6.45) is 6.01. The third kappa shape index (κ3) is 4.87. The Morgan fingerprint density at radius 1 is 1.20 bits per heavy atom. The normalized spacial score (nSPS) is 11.7. The molecule has 1 nitrogen and oxygen atoms in total. The summed E-state index contributed by atoms with van der Waals surface area (Å²) in [5.41, 5.74) is 3.27. The molecule has 0 amide bonds. The molecule has 0 aliphatic carbocycles. The summed E-state index contributed by atoms with van der Waals surface area (Å²) in [6, 6.07) is 10.1. The van der Waals surface area contributed by atoms with Crippen LogP contribution in [0.3, 0.4) is 0 Å². The molecule has 0 radical (unpaired) electrons. The van der Waals surface area contributed by atoms with E-state index in [9.17, 15) is 0 Å². The molecule has 1 N–H and O–H groups in total. The van der Waals surface area contributed by atoms with E-state index in [0.717, 1.165) is 17.0 Å². The standard InChI is InChI=1S/C14H17N/c1-12(2)8-7-9-13(3)15-14-10-5-4-6-11-14/h4-11,15H,1H2,2-3H3/b8-7-,13-9+. The molecule has 0 aliphatic rings. The van der Waals surface area contributed by atoms with E-state index in [1.165, 1.54) is 0 Å². The SMILES string of the molecule is C=C(C)/C=C\C=C(/C)Nc1ccccc1. The average molecular weight is 199 g/mol. The van der Waals surface area contributed by atoms with Crippen LogP contribution in [0.4, 0.5) is 5.69 Å². The van der Waals surface area contributed by atoms with Gasteiger partial charge in [0, 0.05) is 11.4 Å². The Morgan fingerprint density at radius 3 is 2.47 bits per heavy atom. The van der Waals surface area contributed by atoms with Crippen molar-refractivity contribution in [3.8, 4) is 0 Å². The molecule has 1 aromatic rings. The van der Waals surface area contributed by atoms with Crippen LogP contribution in [0.2, 0.25) is 0 Å². The van der Waals surface area contributed by atoms with Gasteiger partial charge in [-0.1, -0.05) is 42.5 Å². The fraction of sp³-hybridized carbons (Fsp3) is 0.143. The van der Waals surface area contributed by atoms with Crippen molar-refractivity contribution in [1.82, 2.24) is 0 Å². The first-order valence-corrected chi connectivity index (χ1v) is 5.01. The van der Waals surface area contributed by atoms with Gasteiger partial charge >= 0.3 is 0 Å². The Kier molecular flexibility index (Phi) is 4.42. The van der Waals surface area contributed by atoms with E-state index in [1.54, 1.807) is 0 Å². The highest BCUT2D eigenvalue weighted by Gasteiger charge is 1.88. The Labute approximate surface area is 91.8 Å². The molecule has 1 aromatic carbocycles. The zero-order valence-corrected chi connectivity index (χ0v) is 9.33. The maximum Gasteiger partial charge on any atom is 0.0381 e. The lowest BCUT2D eigenvalue weighted by atomic mass is 10.3. The Bertz CT molecular complexity index is 372. The van der Waals surface area contributed by atoms with Crippen molar-refractivity contribution in [3.05, 3.63) is 66.4 Å². The van der Waals surface area contributed by atoms with Crippen LogP contribution in [0.25, 0.3) is 0 Å². The minimum absolute atomic E-state index is 1.05. The summed E-state index contributed by atoms with van der Waals surface area (Å²) in [6.45, 7) is 7.81. The van der Waals surface area contributed by atoms with Crippen molar-refractivity contribution < 1.29 is 0 Å². The number of hydrogen-bond donors (Lipinski definition) is 1. The third-order valence-electron chi connectivity index (χ3n) is 1.84. The quantitative estimate of drug-likeness (QED) is 0.719. The van der Waals surface area contributed by atoms with E-state index >= 15 is 0 Å². The van der Waals surface area contributed by atoms with E-state index in [-0.39, 0.29) is 0 Å². The van der Waals surface area contributed by atoms with Gasteiger partial charge in [-0.2, -0.15) is 0 Å². The summed E-state index contributed by atoms with van der Waals surface area (Å²) < 4.78 is 0. The number of anilines is 1. The number of nitrogens with one attached hydrogen (secondary N) is 1. The van der Waals surface area contributed by atoms with E-state index < -0.39 is 0 Å². The second-order valence-electron chi connectivity index (χ2n) is 3.55. The lowest BCUT2D eigenvalue weighted by Gasteiger charge is -2.04. The van der Waals surface area contributed by atoms with Crippen LogP contribution in [-0.4, -0.2) is 0 Å². The maximum absolute atomic E-state index is 3.80. The van der Waals surface area contributed by atoms with Gasteiger partial charge in [-0.15, -0.1) is 0 Å². The minimum atomic E-state index is 1.05. The highest BCUT2D eigenvalue weighted by molar-refractivity contribution is 5.47. The van der Waals surface area contributed by atoms with Crippen LogP contribution in [0, 0.1) is 0 Å². The first-order valence-electron chi connectivity index (χ1n) is 5.01. The molecular weight excluding hydrogens is 182 g/mol. The van der Waals surface area contributed by atoms with E-state index in [4.69, 9.17) is 0 Å². The molecule has 0 fully saturated rings. The van der Waals surface area contributed by atoms with Gasteiger partial charge in [-0.25, -0.2) is 0 Å². The van der Waals surface area contributed by atoms with Crippen molar-refractivity contribution in [2.24, 2.45) is 0 Å². The zero-order valence-electron chi connectivity index (χ0n) is 9.33. The lowest BCUT2D eigenvalue weighted by molar-refractivity contribution is 1.37. The van der Waals surface area contributed by atoms with Gasteiger partial charge in [0.25, 0.3) is 0 Å². The first-order chi connectivity index (χ1) is 7.18. The third-order valence-corrected chi connectivity index (χ3v) is 1.84. The van der Waals surface area contributed by atoms with Crippen molar-refractivity contribution in [3.63, 3.8) is 0 Å².